The molecule has 1 aliphatic heterocycles. The average Bonchev–Trinajstić information content (AvgIpc) is 3.05. The summed E-state index contributed by atoms with van der Waals surface area (Å²) in [6.45, 7) is 6.82. The van der Waals surface area contributed by atoms with Gasteiger partial charge >= 0.3 is 0 Å². The highest BCUT2D eigenvalue weighted by Gasteiger charge is 2.23. The van der Waals surface area contributed by atoms with Crippen LogP contribution in [-0.2, 0) is 11.3 Å². The molecule has 0 aromatic carbocycles. The predicted octanol–water partition coefficient (Wildman–Crippen LogP) is 3.52. The lowest BCUT2D eigenvalue weighted by Gasteiger charge is -2.27. The molecule has 0 amide bonds. The molecule has 2 aliphatic rings. The van der Waals surface area contributed by atoms with Crippen LogP contribution >= 0.6 is 0 Å². The summed E-state index contributed by atoms with van der Waals surface area (Å²) < 4.78 is 9.48. The smallest absolute Gasteiger partial charge is 0.276 e. The van der Waals surface area contributed by atoms with E-state index in [2.05, 4.69) is 25.0 Å². The summed E-state index contributed by atoms with van der Waals surface area (Å²) in [5.74, 6) is 2.89. The number of aromatic nitrogens is 3. The quantitative estimate of drug-likeness (QED) is 0.857. The van der Waals surface area contributed by atoms with Crippen LogP contribution in [0.2, 0.25) is 0 Å². The summed E-state index contributed by atoms with van der Waals surface area (Å²) in [7, 11) is 0. The molecule has 2 aromatic rings. The second-order valence-corrected chi connectivity index (χ2v) is 8.07. The second kappa shape index (κ2) is 6.94. The van der Waals surface area contributed by atoms with Gasteiger partial charge in [0.05, 0.1) is 6.20 Å². The lowest BCUT2D eigenvalue weighted by molar-refractivity contribution is 0.0835. The van der Waals surface area contributed by atoms with Crippen molar-refractivity contribution in [2.45, 2.75) is 64.8 Å². The molecule has 0 N–H and O–H groups in total. The van der Waals surface area contributed by atoms with Crippen LogP contribution in [0.5, 0.6) is 0 Å². The molecule has 0 spiro atoms. The number of imidazole rings is 1. The van der Waals surface area contributed by atoms with Crippen molar-refractivity contribution < 1.29 is 4.74 Å². The molecule has 25 heavy (non-hydrogen) atoms. The van der Waals surface area contributed by atoms with E-state index >= 15 is 0 Å². The lowest BCUT2D eigenvalue weighted by atomic mass is 9.83. The third-order valence-corrected chi connectivity index (χ3v) is 6.19. The van der Waals surface area contributed by atoms with Gasteiger partial charge in [0, 0.05) is 37.6 Å². The first-order valence-electron chi connectivity index (χ1n) is 9.78. The number of nitrogens with zero attached hydrogens (tertiary/aromatic N) is 3. The highest BCUT2D eigenvalue weighted by Crippen LogP contribution is 2.30. The maximum absolute atomic E-state index is 13.1. The Bertz CT molecular complexity index is 793. The van der Waals surface area contributed by atoms with Crippen molar-refractivity contribution in [2.24, 2.45) is 11.8 Å². The number of hydrogen-bond acceptors (Lipinski definition) is 3. The standard InChI is InChI=1S/C20H29N3O2/c1-14-3-5-16(6-4-14)13-22-15(2)12-23-18(20(22)24)11-21-19(23)17-7-9-25-10-8-17/h11-12,14,16-17H,3-10,13H2,1-2H3. The van der Waals surface area contributed by atoms with Crippen molar-refractivity contribution in [3.05, 3.63) is 34.3 Å². The van der Waals surface area contributed by atoms with Gasteiger partial charge < -0.3 is 9.30 Å². The van der Waals surface area contributed by atoms with Crippen molar-refractivity contribution in [1.82, 2.24) is 14.0 Å². The Labute approximate surface area is 149 Å². The monoisotopic (exact) mass is 343 g/mol. The van der Waals surface area contributed by atoms with Gasteiger partial charge in [-0.1, -0.05) is 19.8 Å². The molecule has 3 heterocycles. The lowest BCUT2D eigenvalue weighted by Crippen LogP contribution is -2.29. The van der Waals surface area contributed by atoms with E-state index < -0.39 is 0 Å². The van der Waals surface area contributed by atoms with Crippen LogP contribution in [0.4, 0.5) is 0 Å². The minimum absolute atomic E-state index is 0.115. The summed E-state index contributed by atoms with van der Waals surface area (Å²) in [6, 6.07) is 0. The van der Waals surface area contributed by atoms with E-state index in [1.54, 1.807) is 6.20 Å². The normalized spacial score (nSPS) is 25.5. The number of fused-ring (bicyclic) bond motifs is 1. The molecule has 0 unspecified atom stereocenters. The maximum atomic E-state index is 13.1. The molecule has 5 nitrogen and oxygen atoms in total. The third kappa shape index (κ3) is 3.26. The molecule has 0 atom stereocenters. The van der Waals surface area contributed by atoms with Crippen molar-refractivity contribution in [1.29, 1.82) is 0 Å². The van der Waals surface area contributed by atoms with Crippen LogP contribution in [0.3, 0.4) is 0 Å². The topological polar surface area (TPSA) is 48.5 Å². The first kappa shape index (κ1) is 16.8. The third-order valence-electron chi connectivity index (χ3n) is 6.19. The highest BCUT2D eigenvalue weighted by molar-refractivity contribution is 5.45. The fraction of sp³-hybridized carbons (Fsp3) is 0.700. The van der Waals surface area contributed by atoms with Crippen LogP contribution in [-0.4, -0.2) is 27.2 Å². The summed E-state index contributed by atoms with van der Waals surface area (Å²) in [5, 5.41) is 0. The number of ether oxygens (including phenoxy) is 1. The predicted molar refractivity (Wildman–Crippen MR) is 98.1 cm³/mol. The molecule has 5 heteroatoms. The van der Waals surface area contributed by atoms with E-state index in [1.165, 1.54) is 25.7 Å². The van der Waals surface area contributed by atoms with Gasteiger partial charge in [-0.15, -0.1) is 0 Å². The summed E-state index contributed by atoms with van der Waals surface area (Å²) in [4.78, 5) is 17.7. The highest BCUT2D eigenvalue weighted by atomic mass is 16.5. The summed E-state index contributed by atoms with van der Waals surface area (Å²) in [5.41, 5.74) is 1.88. The van der Waals surface area contributed by atoms with E-state index in [9.17, 15) is 4.79 Å². The minimum Gasteiger partial charge on any atom is -0.381 e. The van der Waals surface area contributed by atoms with Crippen molar-refractivity contribution in [3.8, 4) is 0 Å². The Morgan fingerprint density at radius 3 is 2.60 bits per heavy atom. The van der Waals surface area contributed by atoms with Gasteiger partial charge in [-0.3, -0.25) is 9.20 Å². The summed E-state index contributed by atoms with van der Waals surface area (Å²) in [6.07, 6.45) is 10.9. The van der Waals surface area contributed by atoms with Gasteiger partial charge in [0.25, 0.3) is 5.56 Å². The van der Waals surface area contributed by atoms with Crippen LogP contribution in [0.25, 0.3) is 5.52 Å². The Balaban J connectivity index is 1.64. The molecule has 2 fully saturated rings. The molecule has 136 valence electrons. The second-order valence-electron chi connectivity index (χ2n) is 8.07. The minimum atomic E-state index is 0.115. The Morgan fingerprint density at radius 1 is 1.16 bits per heavy atom. The fourth-order valence-electron chi connectivity index (χ4n) is 4.48. The van der Waals surface area contributed by atoms with Gasteiger partial charge in [0.15, 0.2) is 0 Å². The van der Waals surface area contributed by atoms with E-state index in [1.807, 2.05) is 8.97 Å². The van der Waals surface area contributed by atoms with Crippen molar-refractivity contribution >= 4 is 5.52 Å². The van der Waals surface area contributed by atoms with Crippen LogP contribution in [0.15, 0.2) is 17.2 Å². The van der Waals surface area contributed by atoms with Crippen LogP contribution in [0.1, 0.15) is 62.9 Å². The zero-order chi connectivity index (χ0) is 17.4. The zero-order valence-corrected chi connectivity index (χ0v) is 15.4. The largest absolute Gasteiger partial charge is 0.381 e. The number of hydrogen-bond donors (Lipinski definition) is 0. The fourth-order valence-corrected chi connectivity index (χ4v) is 4.48. The average molecular weight is 343 g/mol. The molecule has 1 saturated carbocycles. The Kier molecular flexibility index (Phi) is 4.67. The molecule has 0 bridgehead atoms. The SMILES string of the molecule is Cc1cn2c(C3CCOCC3)ncc2c(=O)n1CC1CCC(C)CC1. The molecule has 1 saturated heterocycles. The van der Waals surface area contributed by atoms with E-state index in [-0.39, 0.29) is 5.56 Å². The Hall–Kier alpha value is -1.62. The van der Waals surface area contributed by atoms with Gasteiger partial charge in [0.1, 0.15) is 11.3 Å². The molecule has 0 radical (unpaired) electrons. The Morgan fingerprint density at radius 2 is 1.88 bits per heavy atom. The molecular formula is C20H29N3O2. The van der Waals surface area contributed by atoms with E-state index in [4.69, 9.17) is 4.74 Å². The number of rotatable bonds is 3. The maximum Gasteiger partial charge on any atom is 0.276 e. The first-order valence-corrected chi connectivity index (χ1v) is 9.78. The molecular weight excluding hydrogens is 314 g/mol. The molecule has 1 aliphatic carbocycles. The molecule has 2 aromatic heterocycles. The van der Waals surface area contributed by atoms with Crippen molar-refractivity contribution in [2.75, 3.05) is 13.2 Å². The van der Waals surface area contributed by atoms with Gasteiger partial charge in [0.2, 0.25) is 0 Å². The van der Waals surface area contributed by atoms with E-state index in [0.717, 1.165) is 55.6 Å². The van der Waals surface area contributed by atoms with Crippen LogP contribution < -0.4 is 5.56 Å². The van der Waals surface area contributed by atoms with Gasteiger partial charge in [-0.05, 0) is 44.4 Å². The number of aryl methyl sites for hydroxylation is 1. The van der Waals surface area contributed by atoms with Crippen molar-refractivity contribution in [3.63, 3.8) is 0 Å². The van der Waals surface area contributed by atoms with E-state index in [0.29, 0.717) is 11.8 Å². The van der Waals surface area contributed by atoms with Crippen LogP contribution in [0, 0.1) is 18.8 Å². The summed E-state index contributed by atoms with van der Waals surface area (Å²) >= 11 is 0. The molecule has 4 rings (SSSR count). The zero-order valence-electron chi connectivity index (χ0n) is 15.4. The van der Waals surface area contributed by atoms with Gasteiger partial charge in [-0.2, -0.15) is 0 Å². The van der Waals surface area contributed by atoms with Gasteiger partial charge in [-0.25, -0.2) is 4.98 Å². The first-order chi connectivity index (χ1) is 12.1.